The van der Waals surface area contributed by atoms with Crippen LogP contribution < -0.4 is 5.73 Å². The molecule has 0 unspecified atom stereocenters. The van der Waals surface area contributed by atoms with Crippen LogP contribution >= 0.6 is 0 Å². The van der Waals surface area contributed by atoms with E-state index in [0.717, 1.165) is 12.1 Å². The number of aliphatic carboxylic acids is 1. The molecule has 0 amide bonds. The largest absolute Gasteiger partial charge is 0.481 e. The van der Waals surface area contributed by atoms with Crippen molar-refractivity contribution in [1.82, 2.24) is 0 Å². The molecule has 0 aromatic heterocycles. The van der Waals surface area contributed by atoms with E-state index in [-0.39, 0.29) is 18.4 Å². The minimum atomic E-state index is -1.55. The monoisotopic (exact) mass is 233 g/mol. The Morgan fingerprint density at radius 2 is 1.81 bits per heavy atom. The third-order valence-electron chi connectivity index (χ3n) is 1.98. The molecule has 1 aromatic rings. The summed E-state index contributed by atoms with van der Waals surface area (Å²) in [6, 6.07) is 0.849. The topological polar surface area (TPSA) is 63.3 Å². The molecular weight excluding hydrogens is 223 g/mol. The Bertz CT molecular complexity index is 386. The lowest BCUT2D eigenvalue weighted by atomic mass is 10.0. The fourth-order valence-electron chi connectivity index (χ4n) is 1.33. The maximum Gasteiger partial charge on any atom is 0.304 e. The lowest BCUT2D eigenvalue weighted by Gasteiger charge is -2.09. The van der Waals surface area contributed by atoms with Crippen LogP contribution in [0.25, 0.3) is 0 Å². The lowest BCUT2D eigenvalue weighted by Crippen LogP contribution is -2.26. The first kappa shape index (κ1) is 12.5. The smallest absolute Gasteiger partial charge is 0.304 e. The zero-order valence-electron chi connectivity index (χ0n) is 8.21. The fraction of sp³-hybridized carbons (Fsp3) is 0.300. The van der Waals surface area contributed by atoms with Gasteiger partial charge in [-0.2, -0.15) is 0 Å². The Kier molecular flexibility index (Phi) is 3.89. The van der Waals surface area contributed by atoms with Gasteiger partial charge in [-0.15, -0.1) is 0 Å². The molecule has 0 fully saturated rings. The highest BCUT2D eigenvalue weighted by Gasteiger charge is 2.14. The third-order valence-corrected chi connectivity index (χ3v) is 1.98. The van der Waals surface area contributed by atoms with Crippen LogP contribution in [-0.4, -0.2) is 17.1 Å². The van der Waals surface area contributed by atoms with Crippen LogP contribution in [0.4, 0.5) is 13.2 Å². The Balaban J connectivity index is 2.78. The maximum absolute atomic E-state index is 12.8. The van der Waals surface area contributed by atoms with Gasteiger partial charge in [0.1, 0.15) is 0 Å². The number of hydrogen-bond acceptors (Lipinski definition) is 2. The first-order valence-corrected chi connectivity index (χ1v) is 4.51. The molecule has 0 saturated heterocycles. The summed E-state index contributed by atoms with van der Waals surface area (Å²) < 4.78 is 38.1. The van der Waals surface area contributed by atoms with Crippen LogP contribution in [-0.2, 0) is 11.2 Å². The first-order chi connectivity index (χ1) is 7.40. The highest BCUT2D eigenvalue weighted by Crippen LogP contribution is 2.15. The van der Waals surface area contributed by atoms with Crippen molar-refractivity contribution in [1.29, 1.82) is 0 Å². The van der Waals surface area contributed by atoms with E-state index >= 15 is 0 Å². The van der Waals surface area contributed by atoms with E-state index in [2.05, 4.69) is 0 Å². The van der Waals surface area contributed by atoms with E-state index in [0.29, 0.717) is 0 Å². The molecule has 0 bridgehead atoms. The van der Waals surface area contributed by atoms with Gasteiger partial charge in [0.2, 0.25) is 0 Å². The summed E-state index contributed by atoms with van der Waals surface area (Å²) in [6.07, 6.45) is -0.346. The highest BCUT2D eigenvalue weighted by molar-refractivity contribution is 5.67. The van der Waals surface area contributed by atoms with Gasteiger partial charge in [-0.25, -0.2) is 13.2 Å². The average molecular weight is 233 g/mol. The van der Waals surface area contributed by atoms with Gasteiger partial charge < -0.3 is 10.8 Å². The summed E-state index contributed by atoms with van der Waals surface area (Å²) >= 11 is 0. The molecule has 3 N–H and O–H groups in total. The molecule has 6 heteroatoms. The van der Waals surface area contributed by atoms with Gasteiger partial charge in [0, 0.05) is 6.04 Å². The Hall–Kier alpha value is -1.56. The number of nitrogens with two attached hydrogens (primary N) is 1. The summed E-state index contributed by atoms with van der Waals surface area (Å²) in [5.74, 6) is -5.26. The number of hydrogen-bond donors (Lipinski definition) is 2. The summed E-state index contributed by atoms with van der Waals surface area (Å²) in [5.41, 5.74) is 5.56. The normalized spacial score (nSPS) is 12.5. The molecule has 1 aromatic carbocycles. The van der Waals surface area contributed by atoms with Gasteiger partial charge in [0.05, 0.1) is 6.42 Å². The van der Waals surface area contributed by atoms with Crippen molar-refractivity contribution in [2.45, 2.75) is 18.9 Å². The molecule has 16 heavy (non-hydrogen) atoms. The third kappa shape index (κ3) is 3.23. The molecule has 0 aliphatic carbocycles. The number of rotatable bonds is 4. The molecule has 3 nitrogen and oxygen atoms in total. The fourth-order valence-corrected chi connectivity index (χ4v) is 1.33. The van der Waals surface area contributed by atoms with Crippen LogP contribution in [0.1, 0.15) is 12.0 Å². The van der Waals surface area contributed by atoms with Crippen molar-refractivity contribution in [2.75, 3.05) is 0 Å². The molecule has 88 valence electrons. The van der Waals surface area contributed by atoms with Crippen molar-refractivity contribution in [3.05, 3.63) is 35.1 Å². The van der Waals surface area contributed by atoms with Crippen LogP contribution in [0.2, 0.25) is 0 Å². The summed E-state index contributed by atoms with van der Waals surface area (Å²) in [5, 5.41) is 8.43. The molecule has 0 aliphatic rings. The van der Waals surface area contributed by atoms with E-state index in [9.17, 15) is 18.0 Å². The standard InChI is InChI=1S/C10H10F3NO2/c11-7-2-5(3-8(12)10(7)13)1-6(14)4-9(15)16/h2-3,6H,1,4,14H2,(H,15,16)/t6-/m1/s1. The second-order valence-corrected chi connectivity index (χ2v) is 3.44. The average Bonchev–Trinajstić information content (AvgIpc) is 2.12. The highest BCUT2D eigenvalue weighted by atomic mass is 19.2. The zero-order valence-corrected chi connectivity index (χ0v) is 8.21. The summed E-state index contributed by atoms with van der Waals surface area (Å²) in [6.45, 7) is 0. The predicted octanol–water partition coefficient (Wildman–Crippen LogP) is 1.45. The van der Waals surface area contributed by atoms with E-state index in [1.54, 1.807) is 0 Å². The number of carboxylic acids is 1. The van der Waals surface area contributed by atoms with Crippen LogP contribution in [0.3, 0.4) is 0 Å². The second kappa shape index (κ2) is 4.98. The number of benzene rings is 1. The lowest BCUT2D eigenvalue weighted by molar-refractivity contribution is -0.137. The van der Waals surface area contributed by atoms with Crippen molar-refractivity contribution in [3.8, 4) is 0 Å². The van der Waals surface area contributed by atoms with Crippen molar-refractivity contribution < 1.29 is 23.1 Å². The number of carboxylic acid groups (broad SMARTS) is 1. The SMILES string of the molecule is N[C@@H](CC(=O)O)Cc1cc(F)c(F)c(F)c1. The molecular formula is C10H10F3NO2. The first-order valence-electron chi connectivity index (χ1n) is 4.51. The van der Waals surface area contributed by atoms with Crippen LogP contribution in [0.5, 0.6) is 0 Å². The summed E-state index contributed by atoms with van der Waals surface area (Å²) in [4.78, 5) is 10.3. The van der Waals surface area contributed by atoms with E-state index in [1.807, 2.05) is 0 Å². The van der Waals surface area contributed by atoms with Crippen molar-refractivity contribution >= 4 is 5.97 Å². The van der Waals surface area contributed by atoms with Crippen molar-refractivity contribution in [2.24, 2.45) is 5.73 Å². The summed E-state index contributed by atoms with van der Waals surface area (Å²) in [7, 11) is 0. The van der Waals surface area contributed by atoms with E-state index in [4.69, 9.17) is 10.8 Å². The minimum absolute atomic E-state index is 0.0274. The Labute approximate surface area is 89.7 Å². The van der Waals surface area contributed by atoms with Gasteiger partial charge in [-0.05, 0) is 24.1 Å². The molecule has 0 aliphatic heterocycles. The van der Waals surface area contributed by atoms with Gasteiger partial charge in [-0.3, -0.25) is 4.79 Å². The zero-order chi connectivity index (χ0) is 12.3. The molecule has 0 heterocycles. The van der Waals surface area contributed by atoms with E-state index < -0.39 is 29.5 Å². The molecule has 0 spiro atoms. The molecule has 0 saturated carbocycles. The molecule has 1 rings (SSSR count). The number of carbonyl (C=O) groups is 1. The van der Waals surface area contributed by atoms with Gasteiger partial charge >= 0.3 is 5.97 Å². The molecule has 0 radical (unpaired) electrons. The van der Waals surface area contributed by atoms with Gasteiger partial charge in [-0.1, -0.05) is 0 Å². The number of halogens is 3. The Morgan fingerprint density at radius 1 is 1.31 bits per heavy atom. The minimum Gasteiger partial charge on any atom is -0.481 e. The van der Waals surface area contributed by atoms with Crippen LogP contribution in [0, 0.1) is 17.5 Å². The van der Waals surface area contributed by atoms with Crippen LogP contribution in [0.15, 0.2) is 12.1 Å². The predicted molar refractivity (Wildman–Crippen MR) is 50.2 cm³/mol. The van der Waals surface area contributed by atoms with Gasteiger partial charge in [0.15, 0.2) is 17.5 Å². The van der Waals surface area contributed by atoms with Gasteiger partial charge in [0.25, 0.3) is 0 Å². The van der Waals surface area contributed by atoms with Crippen molar-refractivity contribution in [3.63, 3.8) is 0 Å². The maximum atomic E-state index is 12.8. The van der Waals surface area contributed by atoms with E-state index in [1.165, 1.54) is 0 Å². The molecule has 1 atom stereocenters. The quantitative estimate of drug-likeness (QED) is 0.773. The Morgan fingerprint density at radius 3 is 2.25 bits per heavy atom. The second-order valence-electron chi connectivity index (χ2n) is 3.44.